The summed E-state index contributed by atoms with van der Waals surface area (Å²) in [5.41, 5.74) is 3.66. The minimum absolute atomic E-state index is 0.0320. The van der Waals surface area contributed by atoms with Crippen molar-refractivity contribution in [2.45, 2.75) is 45.1 Å². The van der Waals surface area contributed by atoms with Crippen molar-refractivity contribution in [3.63, 3.8) is 0 Å². The Bertz CT molecular complexity index is 856. The molecule has 5 nitrogen and oxygen atoms in total. The second kappa shape index (κ2) is 6.45. The van der Waals surface area contributed by atoms with E-state index in [1.54, 1.807) is 0 Å². The van der Waals surface area contributed by atoms with Gasteiger partial charge in [-0.1, -0.05) is 26.0 Å². The van der Waals surface area contributed by atoms with E-state index in [1.807, 2.05) is 18.7 Å². The van der Waals surface area contributed by atoms with Gasteiger partial charge in [-0.2, -0.15) is 0 Å². The molecule has 1 aliphatic heterocycles. The Balaban J connectivity index is 1.78. The van der Waals surface area contributed by atoms with Crippen LogP contribution in [-0.2, 0) is 20.7 Å². The molecule has 4 unspecified atom stereocenters. The number of hydrogen-bond donors (Lipinski definition) is 1. The maximum Gasteiger partial charge on any atom is 0.310 e. The molecule has 1 amide bonds. The van der Waals surface area contributed by atoms with E-state index in [-0.39, 0.29) is 35.7 Å². The number of aromatic nitrogens is 1. The molecule has 138 valence electrons. The van der Waals surface area contributed by atoms with Gasteiger partial charge in [0.1, 0.15) is 0 Å². The first-order chi connectivity index (χ1) is 12.5. The van der Waals surface area contributed by atoms with Gasteiger partial charge in [0.2, 0.25) is 5.91 Å². The number of H-pyrrole nitrogens is 1. The monoisotopic (exact) mass is 354 g/mol. The molecule has 1 saturated heterocycles. The van der Waals surface area contributed by atoms with Gasteiger partial charge in [-0.3, -0.25) is 9.59 Å². The van der Waals surface area contributed by atoms with E-state index in [0.29, 0.717) is 6.54 Å². The van der Waals surface area contributed by atoms with Gasteiger partial charge in [0.15, 0.2) is 0 Å². The van der Waals surface area contributed by atoms with Crippen LogP contribution < -0.4 is 0 Å². The topological polar surface area (TPSA) is 62.4 Å². The Labute approximate surface area is 153 Å². The van der Waals surface area contributed by atoms with E-state index in [9.17, 15) is 9.59 Å². The van der Waals surface area contributed by atoms with Crippen molar-refractivity contribution in [1.29, 1.82) is 0 Å². The lowest BCUT2D eigenvalue weighted by atomic mass is 9.72. The fraction of sp³-hybridized carbons (Fsp3) is 0.524. The number of hydrogen-bond acceptors (Lipinski definition) is 3. The second-order valence-corrected chi connectivity index (χ2v) is 7.72. The number of benzene rings is 1. The van der Waals surface area contributed by atoms with E-state index >= 15 is 0 Å². The van der Waals surface area contributed by atoms with Crippen molar-refractivity contribution in [3.05, 3.63) is 35.5 Å². The predicted molar refractivity (Wildman–Crippen MR) is 99.8 cm³/mol. The molecule has 2 aliphatic rings. The normalized spacial score (nSPS) is 25.7. The lowest BCUT2D eigenvalue weighted by Crippen LogP contribution is -2.55. The number of piperidine rings is 1. The summed E-state index contributed by atoms with van der Waals surface area (Å²) in [5.74, 6) is -0.173. The van der Waals surface area contributed by atoms with Crippen LogP contribution in [-0.4, -0.2) is 41.5 Å². The highest BCUT2D eigenvalue weighted by atomic mass is 16.5. The predicted octanol–water partition coefficient (Wildman–Crippen LogP) is 3.24. The van der Waals surface area contributed by atoms with Gasteiger partial charge < -0.3 is 14.6 Å². The Morgan fingerprint density at radius 3 is 2.92 bits per heavy atom. The Morgan fingerprint density at radius 2 is 2.19 bits per heavy atom. The molecule has 2 heterocycles. The van der Waals surface area contributed by atoms with Gasteiger partial charge in [-0.15, -0.1) is 0 Å². The van der Waals surface area contributed by atoms with Crippen LogP contribution in [0.15, 0.2) is 24.4 Å². The third-order valence-electron chi connectivity index (χ3n) is 6.32. The van der Waals surface area contributed by atoms with Gasteiger partial charge in [0.05, 0.1) is 13.0 Å². The molecule has 5 heteroatoms. The van der Waals surface area contributed by atoms with Crippen LogP contribution in [0.3, 0.4) is 0 Å². The van der Waals surface area contributed by atoms with Crippen LogP contribution >= 0.6 is 0 Å². The van der Waals surface area contributed by atoms with Gasteiger partial charge in [0, 0.05) is 41.5 Å². The summed E-state index contributed by atoms with van der Waals surface area (Å²) in [7, 11) is 1.43. The van der Waals surface area contributed by atoms with E-state index in [0.717, 1.165) is 24.8 Å². The van der Waals surface area contributed by atoms with Crippen LogP contribution in [0.2, 0.25) is 0 Å². The van der Waals surface area contributed by atoms with E-state index in [2.05, 4.69) is 29.4 Å². The van der Waals surface area contributed by atoms with E-state index in [4.69, 9.17) is 4.74 Å². The van der Waals surface area contributed by atoms with Crippen LogP contribution in [0, 0.1) is 11.8 Å². The van der Waals surface area contributed by atoms with Crippen molar-refractivity contribution in [2.24, 2.45) is 11.8 Å². The number of carbonyl (C=O) groups excluding carboxylic acids is 2. The Hall–Kier alpha value is -2.30. The number of ether oxygens (including phenoxy) is 1. The maximum absolute atomic E-state index is 13.1. The smallest absolute Gasteiger partial charge is 0.310 e. The molecule has 26 heavy (non-hydrogen) atoms. The molecule has 0 saturated carbocycles. The van der Waals surface area contributed by atoms with Crippen LogP contribution in [0.4, 0.5) is 0 Å². The van der Waals surface area contributed by atoms with Gasteiger partial charge >= 0.3 is 5.97 Å². The first kappa shape index (κ1) is 17.1. The number of likely N-dealkylation sites (tertiary alicyclic amines) is 1. The van der Waals surface area contributed by atoms with E-state index in [1.165, 1.54) is 23.6 Å². The molecule has 1 fully saturated rings. The Kier molecular flexibility index (Phi) is 4.25. The molecule has 0 bridgehead atoms. The minimum Gasteiger partial charge on any atom is -0.469 e. The molecule has 0 radical (unpaired) electrons. The molecule has 1 aromatic heterocycles. The highest BCUT2D eigenvalue weighted by molar-refractivity contribution is 5.89. The van der Waals surface area contributed by atoms with Crippen molar-refractivity contribution in [1.82, 2.24) is 9.88 Å². The van der Waals surface area contributed by atoms with Gasteiger partial charge in [-0.25, -0.2) is 0 Å². The third-order valence-corrected chi connectivity index (χ3v) is 6.32. The number of methoxy groups -OCH3 is 1. The van der Waals surface area contributed by atoms with E-state index < -0.39 is 0 Å². The van der Waals surface area contributed by atoms with Crippen LogP contribution in [0.5, 0.6) is 0 Å². The lowest BCUT2D eigenvalue weighted by molar-refractivity contribution is -0.152. The zero-order chi connectivity index (χ0) is 18.4. The summed E-state index contributed by atoms with van der Waals surface area (Å²) in [4.78, 5) is 30.7. The number of nitrogens with zero attached hydrogens (tertiary/aromatic N) is 1. The lowest BCUT2D eigenvalue weighted by Gasteiger charge is -2.47. The number of aromatic amines is 1. The van der Waals surface area contributed by atoms with Crippen molar-refractivity contribution < 1.29 is 14.3 Å². The quantitative estimate of drug-likeness (QED) is 0.861. The van der Waals surface area contributed by atoms with Gasteiger partial charge in [-0.05, 0) is 36.5 Å². The Morgan fingerprint density at radius 1 is 1.38 bits per heavy atom. The molecule has 4 atom stereocenters. The molecule has 1 N–H and O–H groups in total. The number of carbonyl (C=O) groups is 2. The largest absolute Gasteiger partial charge is 0.469 e. The molecule has 2 aromatic rings. The fourth-order valence-electron chi connectivity index (χ4n) is 4.74. The average molecular weight is 354 g/mol. The van der Waals surface area contributed by atoms with Crippen LogP contribution in [0.25, 0.3) is 10.9 Å². The number of fused-ring (bicyclic) bond motifs is 2. The number of rotatable bonds is 3. The molecule has 1 aliphatic carbocycles. The SMILES string of the molecule is CCC(C)C(=O)N1CC(C(=O)OC)CC2c3cccc4[nH]cc(c34)CC21. The second-order valence-electron chi connectivity index (χ2n) is 7.72. The summed E-state index contributed by atoms with van der Waals surface area (Å²) >= 11 is 0. The summed E-state index contributed by atoms with van der Waals surface area (Å²) < 4.78 is 5.03. The molecular formula is C21H26N2O3. The highest BCUT2D eigenvalue weighted by Crippen LogP contribution is 2.45. The minimum atomic E-state index is -0.259. The molecular weight excluding hydrogens is 328 g/mol. The zero-order valence-electron chi connectivity index (χ0n) is 15.6. The van der Waals surface area contributed by atoms with Crippen molar-refractivity contribution in [2.75, 3.05) is 13.7 Å². The summed E-state index contributed by atoms with van der Waals surface area (Å²) in [6, 6.07) is 6.42. The summed E-state index contributed by atoms with van der Waals surface area (Å²) in [6.07, 6.45) is 4.46. The zero-order valence-corrected chi connectivity index (χ0v) is 15.6. The van der Waals surface area contributed by atoms with Crippen LogP contribution in [0.1, 0.15) is 43.7 Å². The number of esters is 1. The highest BCUT2D eigenvalue weighted by Gasteiger charge is 2.45. The standard InChI is InChI=1S/C21H26N2O3/c1-4-12(2)20(24)23-11-14(21(25)26-3)8-16-15-6-5-7-17-19(15)13(10-22-17)9-18(16)23/h5-7,10,12,14,16,18,22H,4,8-9,11H2,1-3H3. The maximum atomic E-state index is 13.1. The molecule has 4 rings (SSSR count). The first-order valence-electron chi connectivity index (χ1n) is 9.52. The first-order valence-corrected chi connectivity index (χ1v) is 9.52. The molecule has 0 spiro atoms. The number of nitrogens with one attached hydrogen (secondary N) is 1. The molecule has 1 aromatic carbocycles. The number of amides is 1. The van der Waals surface area contributed by atoms with Crippen molar-refractivity contribution >= 4 is 22.8 Å². The third kappa shape index (κ3) is 2.52. The average Bonchev–Trinajstić information content (AvgIpc) is 3.10. The van der Waals surface area contributed by atoms with Crippen molar-refractivity contribution in [3.8, 4) is 0 Å². The fourth-order valence-corrected chi connectivity index (χ4v) is 4.74. The summed E-state index contributed by atoms with van der Waals surface area (Å²) in [5, 5.41) is 1.27. The summed E-state index contributed by atoms with van der Waals surface area (Å²) in [6.45, 7) is 4.48. The van der Waals surface area contributed by atoms with Gasteiger partial charge in [0.25, 0.3) is 0 Å².